The number of carbonyl (C=O) groups is 1. The number of aryl methyl sites for hydroxylation is 3. The Kier molecular flexibility index (Phi) is 5.91. The number of benzene rings is 2. The van der Waals surface area contributed by atoms with E-state index in [4.69, 9.17) is 0 Å². The summed E-state index contributed by atoms with van der Waals surface area (Å²) in [4.78, 5) is 13.2. The largest absolute Gasteiger partial charge is 0.326 e. The van der Waals surface area contributed by atoms with Crippen LogP contribution in [0.4, 0.5) is 5.69 Å². The van der Waals surface area contributed by atoms with Crippen molar-refractivity contribution in [3.8, 4) is 0 Å². The van der Waals surface area contributed by atoms with Crippen LogP contribution in [0.5, 0.6) is 0 Å². The molecule has 150 valence electrons. The number of carbonyl (C=O) groups excluding carboxylic acids is 1. The minimum Gasteiger partial charge on any atom is -0.326 e. The third-order valence-electron chi connectivity index (χ3n) is 5.58. The van der Waals surface area contributed by atoms with Crippen LogP contribution >= 0.6 is 0 Å². The molecule has 6 heteroatoms. The fourth-order valence-corrected chi connectivity index (χ4v) is 5.45. The molecule has 0 radical (unpaired) electrons. The van der Waals surface area contributed by atoms with Crippen molar-refractivity contribution in [3.05, 3.63) is 58.7 Å². The Hall–Kier alpha value is -2.18. The molecule has 0 saturated carbocycles. The quantitative estimate of drug-likeness (QED) is 0.845. The topological polar surface area (TPSA) is 66.5 Å². The summed E-state index contributed by atoms with van der Waals surface area (Å²) in [6.07, 6.45) is 1.37. The zero-order valence-corrected chi connectivity index (χ0v) is 17.8. The molecule has 0 aliphatic carbocycles. The zero-order valence-electron chi connectivity index (χ0n) is 17.0. The lowest BCUT2D eigenvalue weighted by atomic mass is 9.98. The monoisotopic (exact) mass is 400 g/mol. The molecule has 0 aromatic heterocycles. The molecule has 1 saturated heterocycles. The van der Waals surface area contributed by atoms with Gasteiger partial charge in [0.1, 0.15) is 0 Å². The first-order valence-electron chi connectivity index (χ1n) is 9.64. The summed E-state index contributed by atoms with van der Waals surface area (Å²) < 4.78 is 27.8. The summed E-state index contributed by atoms with van der Waals surface area (Å²) in [5, 5.41) is 2.99. The van der Waals surface area contributed by atoms with Crippen molar-refractivity contribution in [2.75, 3.05) is 18.4 Å². The molecule has 0 spiro atoms. The van der Waals surface area contributed by atoms with Gasteiger partial charge in [-0.3, -0.25) is 4.79 Å². The van der Waals surface area contributed by atoms with Gasteiger partial charge in [-0.2, -0.15) is 4.31 Å². The van der Waals surface area contributed by atoms with E-state index in [0.717, 1.165) is 27.9 Å². The van der Waals surface area contributed by atoms with Crippen molar-refractivity contribution in [2.45, 2.75) is 45.4 Å². The summed E-state index contributed by atoms with van der Waals surface area (Å²) in [7, 11) is -3.62. The fraction of sp³-hybridized carbons (Fsp3) is 0.409. The second-order valence-electron chi connectivity index (χ2n) is 7.71. The smallest absolute Gasteiger partial charge is 0.243 e. The minimum atomic E-state index is -3.62. The third kappa shape index (κ3) is 4.13. The maximum Gasteiger partial charge on any atom is 0.243 e. The predicted molar refractivity (Wildman–Crippen MR) is 112 cm³/mol. The third-order valence-corrected chi connectivity index (χ3v) is 7.59. The first kappa shape index (κ1) is 20.6. The second kappa shape index (κ2) is 8.05. The second-order valence-corrected chi connectivity index (χ2v) is 9.61. The molecule has 3 rings (SSSR count). The highest BCUT2D eigenvalue weighted by Gasteiger charge is 2.34. The molecule has 0 bridgehead atoms. The molecule has 1 N–H and O–H groups in total. The van der Waals surface area contributed by atoms with Gasteiger partial charge in [-0.1, -0.05) is 24.3 Å². The summed E-state index contributed by atoms with van der Waals surface area (Å²) in [5.41, 5.74) is 4.57. The van der Waals surface area contributed by atoms with Crippen LogP contribution in [0.15, 0.2) is 41.3 Å². The first-order valence-corrected chi connectivity index (χ1v) is 11.1. The summed E-state index contributed by atoms with van der Waals surface area (Å²) >= 11 is 0. The molecule has 1 aliphatic rings. The van der Waals surface area contributed by atoms with Gasteiger partial charge in [0.05, 0.1) is 10.8 Å². The highest BCUT2D eigenvalue weighted by Crippen LogP contribution is 2.27. The van der Waals surface area contributed by atoms with E-state index in [1.807, 2.05) is 51.1 Å². The molecule has 0 unspecified atom stereocenters. The SMILES string of the molecule is Cc1ccc(C)c(S(=O)(=O)N2CCC[C@H](C(=O)Nc3cccc(C)c3C)C2)c1. The number of hydrogen-bond donors (Lipinski definition) is 1. The maximum atomic E-state index is 13.2. The Balaban J connectivity index is 1.79. The Labute approximate surface area is 167 Å². The molecule has 1 fully saturated rings. The molecule has 1 aliphatic heterocycles. The van der Waals surface area contributed by atoms with E-state index in [0.29, 0.717) is 24.3 Å². The van der Waals surface area contributed by atoms with Gasteiger partial charge in [-0.05, 0) is 74.9 Å². The number of sulfonamides is 1. The summed E-state index contributed by atoms with van der Waals surface area (Å²) in [5.74, 6) is -0.469. The van der Waals surface area contributed by atoms with Crippen molar-refractivity contribution < 1.29 is 13.2 Å². The Morgan fingerprint density at radius 1 is 1.07 bits per heavy atom. The maximum absolute atomic E-state index is 13.2. The van der Waals surface area contributed by atoms with Crippen LogP contribution < -0.4 is 5.32 Å². The van der Waals surface area contributed by atoms with Gasteiger partial charge in [-0.25, -0.2) is 8.42 Å². The van der Waals surface area contributed by atoms with E-state index in [9.17, 15) is 13.2 Å². The molecular formula is C22H28N2O3S. The van der Waals surface area contributed by atoms with E-state index >= 15 is 0 Å². The lowest BCUT2D eigenvalue weighted by molar-refractivity contribution is -0.120. The van der Waals surface area contributed by atoms with Crippen molar-refractivity contribution in [3.63, 3.8) is 0 Å². The molecule has 1 amide bonds. The molecule has 2 aromatic rings. The minimum absolute atomic E-state index is 0.116. The van der Waals surface area contributed by atoms with Gasteiger partial charge in [0.2, 0.25) is 15.9 Å². The van der Waals surface area contributed by atoms with Crippen LogP contribution in [0.1, 0.15) is 35.1 Å². The van der Waals surface area contributed by atoms with Gasteiger partial charge >= 0.3 is 0 Å². The van der Waals surface area contributed by atoms with Gasteiger partial charge in [0.15, 0.2) is 0 Å². The number of rotatable bonds is 4. The molecule has 1 heterocycles. The number of nitrogens with one attached hydrogen (secondary N) is 1. The highest BCUT2D eigenvalue weighted by atomic mass is 32.2. The van der Waals surface area contributed by atoms with Gasteiger partial charge in [0, 0.05) is 18.8 Å². The lowest BCUT2D eigenvalue weighted by Gasteiger charge is -2.31. The highest BCUT2D eigenvalue weighted by molar-refractivity contribution is 7.89. The lowest BCUT2D eigenvalue weighted by Crippen LogP contribution is -2.43. The average molecular weight is 401 g/mol. The fourth-order valence-electron chi connectivity index (χ4n) is 3.62. The van der Waals surface area contributed by atoms with Crippen molar-refractivity contribution >= 4 is 21.6 Å². The van der Waals surface area contributed by atoms with E-state index in [2.05, 4.69) is 5.32 Å². The number of piperidine rings is 1. The molecule has 5 nitrogen and oxygen atoms in total. The number of hydrogen-bond acceptors (Lipinski definition) is 3. The van der Waals surface area contributed by atoms with Crippen LogP contribution in [-0.4, -0.2) is 31.7 Å². The molecular weight excluding hydrogens is 372 g/mol. The Morgan fingerprint density at radius 2 is 1.82 bits per heavy atom. The Morgan fingerprint density at radius 3 is 2.57 bits per heavy atom. The van der Waals surface area contributed by atoms with Crippen molar-refractivity contribution in [1.82, 2.24) is 4.31 Å². The molecule has 1 atom stereocenters. The zero-order chi connectivity index (χ0) is 20.5. The van der Waals surface area contributed by atoms with Gasteiger partial charge < -0.3 is 5.32 Å². The van der Waals surface area contributed by atoms with Crippen LogP contribution in [0.25, 0.3) is 0 Å². The molecule has 28 heavy (non-hydrogen) atoms. The van der Waals surface area contributed by atoms with Crippen LogP contribution in [0.3, 0.4) is 0 Å². The van der Waals surface area contributed by atoms with Crippen LogP contribution in [0.2, 0.25) is 0 Å². The van der Waals surface area contributed by atoms with Gasteiger partial charge in [0.25, 0.3) is 0 Å². The summed E-state index contributed by atoms with van der Waals surface area (Å²) in [6, 6.07) is 11.3. The van der Waals surface area contributed by atoms with Crippen LogP contribution in [0, 0.1) is 33.6 Å². The number of anilines is 1. The van der Waals surface area contributed by atoms with E-state index < -0.39 is 10.0 Å². The average Bonchev–Trinajstić information content (AvgIpc) is 2.67. The standard InChI is InChI=1S/C22H28N2O3S/c1-15-10-11-17(3)21(13-15)28(26,27)24-12-6-8-19(14-24)22(25)23-20-9-5-7-16(2)18(20)4/h5,7,9-11,13,19H,6,8,12,14H2,1-4H3,(H,23,25)/t19-/m0/s1. The Bertz CT molecular complexity index is 999. The molecule has 2 aromatic carbocycles. The predicted octanol–water partition coefficient (Wildman–Crippen LogP) is 3.96. The number of nitrogens with zero attached hydrogens (tertiary/aromatic N) is 1. The van der Waals surface area contributed by atoms with E-state index in [1.165, 1.54) is 4.31 Å². The summed E-state index contributed by atoms with van der Waals surface area (Å²) in [6.45, 7) is 8.33. The van der Waals surface area contributed by atoms with E-state index in [1.54, 1.807) is 13.0 Å². The van der Waals surface area contributed by atoms with E-state index in [-0.39, 0.29) is 18.4 Å². The van der Waals surface area contributed by atoms with Crippen molar-refractivity contribution in [1.29, 1.82) is 0 Å². The van der Waals surface area contributed by atoms with Gasteiger partial charge in [-0.15, -0.1) is 0 Å². The number of amides is 1. The first-order chi connectivity index (χ1) is 13.2. The normalized spacial score (nSPS) is 18.1. The van der Waals surface area contributed by atoms with Crippen molar-refractivity contribution in [2.24, 2.45) is 5.92 Å². The van der Waals surface area contributed by atoms with Crippen LogP contribution in [-0.2, 0) is 14.8 Å².